The van der Waals surface area contributed by atoms with Crippen molar-refractivity contribution >= 4 is 0 Å². The summed E-state index contributed by atoms with van der Waals surface area (Å²) in [5, 5.41) is 0. The van der Waals surface area contributed by atoms with Gasteiger partial charge in [-0.15, -0.1) is 0 Å². The van der Waals surface area contributed by atoms with E-state index in [-0.39, 0.29) is 5.92 Å². The minimum atomic E-state index is -2.77. The Hall–Kier alpha value is -1.44. The molecule has 0 radical (unpaired) electrons. The molecule has 0 aliphatic heterocycles. The summed E-state index contributed by atoms with van der Waals surface area (Å²) in [5.41, 5.74) is 1.04. The van der Waals surface area contributed by atoms with Gasteiger partial charge in [-0.25, -0.2) is 0 Å². The summed E-state index contributed by atoms with van der Waals surface area (Å²) in [5.74, 6) is -2.79. The van der Waals surface area contributed by atoms with Gasteiger partial charge in [0, 0.05) is 5.92 Å². The van der Waals surface area contributed by atoms with Crippen LogP contribution in [0.2, 0.25) is 0 Å². The minimum Gasteiger partial charge on any atom is -0.197 e. The Kier molecular flexibility index (Phi) is 2.20. The van der Waals surface area contributed by atoms with Crippen molar-refractivity contribution in [3.8, 4) is 0 Å². The molecule has 14 heavy (non-hydrogen) atoms. The van der Waals surface area contributed by atoms with Crippen LogP contribution in [0.15, 0.2) is 54.6 Å². The molecule has 1 aliphatic carbocycles. The molecular formula is C12H10F2. The number of rotatable bonds is 1. The first-order valence-electron chi connectivity index (χ1n) is 4.49. The lowest BCUT2D eigenvalue weighted by Crippen LogP contribution is -2.12. The van der Waals surface area contributed by atoms with Gasteiger partial charge in [-0.3, -0.25) is 0 Å². The Morgan fingerprint density at radius 2 is 1.50 bits per heavy atom. The molecular weight excluding hydrogens is 182 g/mol. The van der Waals surface area contributed by atoms with Crippen LogP contribution in [-0.2, 0) is 0 Å². The van der Waals surface area contributed by atoms with E-state index in [0.29, 0.717) is 0 Å². The number of allylic oxidation sites excluding steroid dienone is 4. The molecule has 0 spiro atoms. The summed E-state index contributed by atoms with van der Waals surface area (Å²) in [6, 6.07) is 9.59. The number of hydrogen-bond acceptors (Lipinski definition) is 0. The first-order valence-corrected chi connectivity index (χ1v) is 4.49. The van der Waals surface area contributed by atoms with Crippen LogP contribution >= 0.6 is 0 Å². The fourth-order valence-electron chi connectivity index (χ4n) is 1.48. The fourth-order valence-corrected chi connectivity index (χ4v) is 1.48. The molecule has 0 fully saturated rings. The largest absolute Gasteiger partial charge is 0.284 e. The summed E-state index contributed by atoms with van der Waals surface area (Å²) >= 11 is 0. The summed E-state index contributed by atoms with van der Waals surface area (Å²) in [7, 11) is 0. The Morgan fingerprint density at radius 3 is 2.07 bits per heavy atom. The third kappa shape index (κ3) is 1.90. The Balaban J connectivity index is 2.22. The van der Waals surface area contributed by atoms with E-state index in [1.54, 1.807) is 0 Å². The number of hydrogen-bond donors (Lipinski definition) is 0. The first kappa shape index (κ1) is 9.13. The highest BCUT2D eigenvalue weighted by atomic mass is 19.3. The van der Waals surface area contributed by atoms with Crippen molar-refractivity contribution in [3.63, 3.8) is 0 Å². The summed E-state index contributed by atoms with van der Waals surface area (Å²) in [4.78, 5) is 0. The average Bonchev–Trinajstić information content (AvgIpc) is 2.19. The fraction of sp³-hybridized carbons (Fsp3) is 0.167. The van der Waals surface area contributed by atoms with Gasteiger partial charge in [0.2, 0.25) is 0 Å². The van der Waals surface area contributed by atoms with E-state index in [2.05, 4.69) is 0 Å². The van der Waals surface area contributed by atoms with Gasteiger partial charge in [-0.2, -0.15) is 8.78 Å². The highest BCUT2D eigenvalue weighted by Gasteiger charge is 2.24. The molecule has 1 aliphatic rings. The van der Waals surface area contributed by atoms with Crippen molar-refractivity contribution in [2.75, 3.05) is 0 Å². The lowest BCUT2D eigenvalue weighted by Gasteiger charge is -2.16. The molecule has 72 valence electrons. The monoisotopic (exact) mass is 192 g/mol. The highest BCUT2D eigenvalue weighted by Crippen LogP contribution is 2.29. The van der Waals surface area contributed by atoms with Gasteiger partial charge in [-0.05, 0) is 17.7 Å². The standard InChI is InChI=1S/C12H10F2/c13-12(14)8-6-11(7-9-12)10-4-2-1-3-5-10/h1-9,11H. The maximum absolute atomic E-state index is 12.7. The summed E-state index contributed by atoms with van der Waals surface area (Å²) < 4.78 is 25.4. The van der Waals surface area contributed by atoms with Crippen LogP contribution < -0.4 is 0 Å². The first-order chi connectivity index (χ1) is 6.67. The second-order valence-corrected chi connectivity index (χ2v) is 3.33. The van der Waals surface area contributed by atoms with Gasteiger partial charge >= 0.3 is 0 Å². The third-order valence-corrected chi connectivity index (χ3v) is 2.24. The average molecular weight is 192 g/mol. The van der Waals surface area contributed by atoms with Gasteiger partial charge in [0.1, 0.15) is 0 Å². The van der Waals surface area contributed by atoms with Crippen molar-refractivity contribution in [3.05, 3.63) is 60.2 Å². The normalized spacial score (nSPS) is 19.9. The third-order valence-electron chi connectivity index (χ3n) is 2.24. The van der Waals surface area contributed by atoms with E-state index in [4.69, 9.17) is 0 Å². The van der Waals surface area contributed by atoms with E-state index in [0.717, 1.165) is 17.7 Å². The highest BCUT2D eigenvalue weighted by molar-refractivity contribution is 5.33. The topological polar surface area (TPSA) is 0 Å². The lowest BCUT2D eigenvalue weighted by atomic mass is 9.94. The van der Waals surface area contributed by atoms with Gasteiger partial charge in [0.15, 0.2) is 0 Å². The molecule has 0 atom stereocenters. The molecule has 2 rings (SSSR count). The molecule has 0 aromatic heterocycles. The van der Waals surface area contributed by atoms with Crippen molar-refractivity contribution in [2.45, 2.75) is 11.8 Å². The molecule has 0 bridgehead atoms. The van der Waals surface area contributed by atoms with Crippen LogP contribution in [0.5, 0.6) is 0 Å². The van der Waals surface area contributed by atoms with Crippen molar-refractivity contribution < 1.29 is 8.78 Å². The van der Waals surface area contributed by atoms with E-state index in [1.165, 1.54) is 12.2 Å². The van der Waals surface area contributed by atoms with Crippen molar-refractivity contribution in [2.24, 2.45) is 0 Å². The zero-order chi connectivity index (χ0) is 10.0. The molecule has 0 saturated heterocycles. The predicted octanol–water partition coefficient (Wildman–Crippen LogP) is 3.53. The van der Waals surface area contributed by atoms with E-state index in [1.807, 2.05) is 30.3 Å². The second-order valence-electron chi connectivity index (χ2n) is 3.33. The summed E-state index contributed by atoms with van der Waals surface area (Å²) in [6.45, 7) is 0. The van der Waals surface area contributed by atoms with Crippen LogP contribution in [0.4, 0.5) is 8.78 Å². The van der Waals surface area contributed by atoms with Crippen LogP contribution in [0, 0.1) is 0 Å². The quantitative estimate of drug-likeness (QED) is 0.597. The Morgan fingerprint density at radius 1 is 0.929 bits per heavy atom. The Bertz CT molecular complexity index is 347. The zero-order valence-corrected chi connectivity index (χ0v) is 7.53. The SMILES string of the molecule is FC1(F)C=CC(c2ccccc2)C=C1. The minimum absolute atomic E-state index is 0.0178. The van der Waals surface area contributed by atoms with Crippen LogP contribution in [-0.4, -0.2) is 5.92 Å². The molecule has 0 saturated carbocycles. The van der Waals surface area contributed by atoms with Crippen molar-refractivity contribution in [1.29, 1.82) is 0 Å². The predicted molar refractivity (Wildman–Crippen MR) is 52.4 cm³/mol. The number of benzene rings is 1. The van der Waals surface area contributed by atoms with Crippen LogP contribution in [0.1, 0.15) is 11.5 Å². The molecule has 0 N–H and O–H groups in total. The number of halogens is 2. The van der Waals surface area contributed by atoms with Gasteiger partial charge < -0.3 is 0 Å². The lowest BCUT2D eigenvalue weighted by molar-refractivity contribution is 0.109. The van der Waals surface area contributed by atoms with Crippen LogP contribution in [0.3, 0.4) is 0 Å². The van der Waals surface area contributed by atoms with E-state index < -0.39 is 5.92 Å². The van der Waals surface area contributed by atoms with Gasteiger partial charge in [0.25, 0.3) is 5.92 Å². The second kappa shape index (κ2) is 3.37. The molecule has 2 heteroatoms. The Labute approximate surface area is 81.6 Å². The molecule has 0 unspecified atom stereocenters. The molecule has 1 aromatic carbocycles. The molecule has 0 heterocycles. The van der Waals surface area contributed by atoms with Gasteiger partial charge in [0.05, 0.1) is 0 Å². The molecule has 1 aromatic rings. The maximum atomic E-state index is 12.7. The maximum Gasteiger partial charge on any atom is 0.284 e. The molecule has 0 amide bonds. The zero-order valence-electron chi connectivity index (χ0n) is 7.53. The molecule has 0 nitrogen and oxygen atoms in total. The van der Waals surface area contributed by atoms with Crippen LogP contribution in [0.25, 0.3) is 0 Å². The smallest absolute Gasteiger partial charge is 0.197 e. The van der Waals surface area contributed by atoms with Crippen molar-refractivity contribution in [1.82, 2.24) is 0 Å². The van der Waals surface area contributed by atoms with E-state index in [9.17, 15) is 8.78 Å². The number of alkyl halides is 2. The van der Waals surface area contributed by atoms with E-state index >= 15 is 0 Å². The summed E-state index contributed by atoms with van der Waals surface area (Å²) in [6.07, 6.45) is 4.97. The van der Waals surface area contributed by atoms with Gasteiger partial charge in [-0.1, -0.05) is 42.5 Å².